The molecule has 1 aliphatic rings. The van der Waals surface area contributed by atoms with Crippen LogP contribution in [0.15, 0.2) is 18.2 Å². The first-order valence-electron chi connectivity index (χ1n) is 4.52. The summed E-state index contributed by atoms with van der Waals surface area (Å²) in [6.07, 6.45) is -3.85. The first kappa shape index (κ1) is 10.4. The quantitative estimate of drug-likeness (QED) is 0.722. The second-order valence-corrected chi connectivity index (χ2v) is 3.74. The van der Waals surface area contributed by atoms with E-state index in [1.807, 2.05) is 0 Å². The van der Waals surface area contributed by atoms with Crippen molar-refractivity contribution in [3.8, 4) is 0 Å². The Morgan fingerprint density at radius 1 is 1.27 bits per heavy atom. The van der Waals surface area contributed by atoms with E-state index < -0.39 is 17.6 Å². The van der Waals surface area contributed by atoms with Crippen LogP contribution in [0.2, 0.25) is 0 Å². The number of benzene rings is 1. The minimum Gasteiger partial charge on any atom is -0.327 e. The molecule has 0 aromatic heterocycles. The minimum atomic E-state index is -4.50. The molecule has 0 heterocycles. The SMILES string of the molecule is NC1CC1c1ccc(C(F)(F)F)cc1F. The van der Waals surface area contributed by atoms with Gasteiger partial charge in [0.1, 0.15) is 5.82 Å². The number of hydrogen-bond acceptors (Lipinski definition) is 1. The first-order chi connectivity index (χ1) is 6.89. The standard InChI is InChI=1S/C10H9F4N/c11-8-3-5(10(12,13)14)1-2-6(8)7-4-9(7)15/h1-3,7,9H,4,15H2. The van der Waals surface area contributed by atoms with Crippen molar-refractivity contribution in [3.63, 3.8) is 0 Å². The molecule has 0 radical (unpaired) electrons. The molecule has 1 fully saturated rings. The maximum Gasteiger partial charge on any atom is 0.416 e. The van der Waals surface area contributed by atoms with E-state index in [1.54, 1.807) is 0 Å². The Morgan fingerprint density at radius 3 is 2.27 bits per heavy atom. The second-order valence-electron chi connectivity index (χ2n) is 3.74. The van der Waals surface area contributed by atoms with Crippen LogP contribution >= 0.6 is 0 Å². The number of rotatable bonds is 1. The van der Waals surface area contributed by atoms with Gasteiger partial charge < -0.3 is 5.73 Å². The molecule has 0 saturated heterocycles. The molecule has 1 saturated carbocycles. The van der Waals surface area contributed by atoms with Crippen LogP contribution < -0.4 is 5.73 Å². The van der Waals surface area contributed by atoms with Gasteiger partial charge in [0, 0.05) is 12.0 Å². The fourth-order valence-electron chi connectivity index (χ4n) is 1.58. The van der Waals surface area contributed by atoms with Crippen LogP contribution in [0.3, 0.4) is 0 Å². The molecular formula is C10H9F4N. The molecule has 1 aliphatic carbocycles. The zero-order valence-electron chi connectivity index (χ0n) is 7.68. The summed E-state index contributed by atoms with van der Waals surface area (Å²) in [6.45, 7) is 0. The van der Waals surface area contributed by atoms with E-state index in [2.05, 4.69) is 0 Å². The lowest BCUT2D eigenvalue weighted by molar-refractivity contribution is -0.137. The highest BCUT2D eigenvalue weighted by Gasteiger charge is 2.38. The molecule has 1 aromatic rings. The molecule has 2 atom stereocenters. The van der Waals surface area contributed by atoms with E-state index in [0.717, 1.165) is 6.07 Å². The topological polar surface area (TPSA) is 26.0 Å². The van der Waals surface area contributed by atoms with Crippen LogP contribution in [0.1, 0.15) is 23.5 Å². The van der Waals surface area contributed by atoms with E-state index in [1.165, 1.54) is 6.07 Å². The van der Waals surface area contributed by atoms with Gasteiger partial charge in [0.25, 0.3) is 0 Å². The van der Waals surface area contributed by atoms with Crippen LogP contribution in [0, 0.1) is 5.82 Å². The van der Waals surface area contributed by atoms with Crippen LogP contribution in [0.5, 0.6) is 0 Å². The predicted molar refractivity (Wildman–Crippen MR) is 46.7 cm³/mol. The Balaban J connectivity index is 2.31. The number of alkyl halides is 3. The average molecular weight is 219 g/mol. The number of halogens is 4. The van der Waals surface area contributed by atoms with Gasteiger partial charge in [-0.2, -0.15) is 13.2 Å². The molecule has 1 nitrogen and oxygen atoms in total. The fraction of sp³-hybridized carbons (Fsp3) is 0.400. The summed E-state index contributed by atoms with van der Waals surface area (Å²) < 4.78 is 49.9. The molecule has 0 bridgehead atoms. The van der Waals surface area contributed by atoms with E-state index in [-0.39, 0.29) is 17.5 Å². The third-order valence-electron chi connectivity index (χ3n) is 2.57. The molecule has 2 rings (SSSR count). The van der Waals surface area contributed by atoms with Crippen LogP contribution in [-0.2, 0) is 6.18 Å². The van der Waals surface area contributed by atoms with Crippen LogP contribution in [0.4, 0.5) is 17.6 Å². The first-order valence-corrected chi connectivity index (χ1v) is 4.52. The Bertz CT molecular complexity index is 385. The Morgan fingerprint density at radius 2 is 1.87 bits per heavy atom. The third kappa shape index (κ3) is 1.97. The molecule has 0 amide bonds. The fourth-order valence-corrected chi connectivity index (χ4v) is 1.58. The van der Waals surface area contributed by atoms with Crippen molar-refractivity contribution in [2.75, 3.05) is 0 Å². The van der Waals surface area contributed by atoms with E-state index in [0.29, 0.717) is 12.5 Å². The zero-order chi connectivity index (χ0) is 11.2. The smallest absolute Gasteiger partial charge is 0.327 e. The van der Waals surface area contributed by atoms with Gasteiger partial charge >= 0.3 is 6.18 Å². The summed E-state index contributed by atoms with van der Waals surface area (Å²) in [5.74, 6) is -0.935. The third-order valence-corrected chi connectivity index (χ3v) is 2.57. The summed E-state index contributed by atoms with van der Waals surface area (Å²) in [7, 11) is 0. The van der Waals surface area contributed by atoms with E-state index >= 15 is 0 Å². The summed E-state index contributed by atoms with van der Waals surface area (Å²) in [5, 5.41) is 0. The normalized spacial score (nSPS) is 25.4. The van der Waals surface area contributed by atoms with Gasteiger partial charge in [-0.1, -0.05) is 6.07 Å². The molecule has 15 heavy (non-hydrogen) atoms. The Hall–Kier alpha value is -1.10. The second kappa shape index (κ2) is 3.20. The minimum absolute atomic E-state index is 0.115. The largest absolute Gasteiger partial charge is 0.416 e. The van der Waals surface area contributed by atoms with Gasteiger partial charge in [0.15, 0.2) is 0 Å². The number of hydrogen-bond donors (Lipinski definition) is 1. The molecule has 82 valence electrons. The summed E-state index contributed by atoms with van der Waals surface area (Å²) in [4.78, 5) is 0. The monoisotopic (exact) mass is 219 g/mol. The lowest BCUT2D eigenvalue weighted by Crippen LogP contribution is -2.07. The molecule has 1 aromatic carbocycles. The molecule has 5 heteroatoms. The maximum absolute atomic E-state index is 13.3. The zero-order valence-corrected chi connectivity index (χ0v) is 7.68. The summed E-state index contributed by atoms with van der Waals surface area (Å²) >= 11 is 0. The van der Waals surface area contributed by atoms with Gasteiger partial charge in [-0.25, -0.2) is 4.39 Å². The molecule has 0 aliphatic heterocycles. The number of nitrogens with two attached hydrogens (primary N) is 1. The summed E-state index contributed by atoms with van der Waals surface area (Å²) in [5.41, 5.74) is 4.83. The lowest BCUT2D eigenvalue weighted by atomic mass is 10.1. The maximum atomic E-state index is 13.3. The highest BCUT2D eigenvalue weighted by molar-refractivity contribution is 5.33. The predicted octanol–water partition coefficient (Wildman–Crippen LogP) is 2.66. The Labute approximate surface area is 83.9 Å². The van der Waals surface area contributed by atoms with Gasteiger partial charge in [0.05, 0.1) is 5.56 Å². The van der Waals surface area contributed by atoms with Crippen molar-refractivity contribution in [2.24, 2.45) is 5.73 Å². The Kier molecular flexibility index (Phi) is 2.22. The molecule has 0 spiro atoms. The van der Waals surface area contributed by atoms with Gasteiger partial charge in [-0.3, -0.25) is 0 Å². The van der Waals surface area contributed by atoms with Gasteiger partial charge in [-0.15, -0.1) is 0 Å². The van der Waals surface area contributed by atoms with Gasteiger partial charge in [0.2, 0.25) is 0 Å². The van der Waals surface area contributed by atoms with Crippen molar-refractivity contribution in [2.45, 2.75) is 24.6 Å². The highest BCUT2D eigenvalue weighted by Crippen LogP contribution is 2.41. The van der Waals surface area contributed by atoms with Crippen molar-refractivity contribution in [3.05, 3.63) is 35.1 Å². The average Bonchev–Trinajstić information content (AvgIpc) is 2.80. The van der Waals surface area contributed by atoms with Crippen LogP contribution in [-0.4, -0.2) is 6.04 Å². The lowest BCUT2D eigenvalue weighted by Gasteiger charge is -2.08. The van der Waals surface area contributed by atoms with Gasteiger partial charge in [-0.05, 0) is 24.1 Å². The van der Waals surface area contributed by atoms with Crippen molar-refractivity contribution < 1.29 is 17.6 Å². The molecule has 2 unspecified atom stereocenters. The van der Waals surface area contributed by atoms with E-state index in [4.69, 9.17) is 5.73 Å². The van der Waals surface area contributed by atoms with Crippen molar-refractivity contribution in [1.29, 1.82) is 0 Å². The molecule has 2 N–H and O–H groups in total. The highest BCUT2D eigenvalue weighted by atomic mass is 19.4. The van der Waals surface area contributed by atoms with E-state index in [9.17, 15) is 17.6 Å². The molecular weight excluding hydrogens is 210 g/mol. The van der Waals surface area contributed by atoms with Crippen LogP contribution in [0.25, 0.3) is 0 Å². The summed E-state index contributed by atoms with van der Waals surface area (Å²) in [6, 6.07) is 2.48. The van der Waals surface area contributed by atoms with Crippen molar-refractivity contribution >= 4 is 0 Å². The van der Waals surface area contributed by atoms with Crippen molar-refractivity contribution in [1.82, 2.24) is 0 Å².